The number of ketones is 1. The molecule has 0 aromatic heterocycles. The maximum Gasteiger partial charge on any atom is 0.450 e. The van der Waals surface area contributed by atoms with Gasteiger partial charge >= 0.3 is 6.18 Å². The molecule has 10 heavy (non-hydrogen) atoms. The summed E-state index contributed by atoms with van der Waals surface area (Å²) in [6.07, 6.45) is -3.76. The van der Waals surface area contributed by atoms with E-state index >= 15 is 0 Å². The predicted octanol–water partition coefficient (Wildman–Crippen LogP) is 1.94. The highest BCUT2D eigenvalue weighted by molar-refractivity contribution is 5.87. The quantitative estimate of drug-likeness (QED) is 0.552. The summed E-state index contributed by atoms with van der Waals surface area (Å²) < 4.78 is 34.5. The second-order valence-corrected chi connectivity index (χ2v) is 1.89. The summed E-state index contributed by atoms with van der Waals surface area (Å²) in [6.45, 7) is 4.23. The zero-order chi connectivity index (χ0) is 8.36. The summed E-state index contributed by atoms with van der Waals surface area (Å²) in [4.78, 5) is 10.2. The molecule has 58 valence electrons. The number of alkyl halides is 3. The van der Waals surface area contributed by atoms with Crippen molar-refractivity contribution in [1.82, 2.24) is 0 Å². The van der Waals surface area contributed by atoms with Crippen molar-refractivity contribution in [2.45, 2.75) is 13.1 Å². The van der Waals surface area contributed by atoms with Gasteiger partial charge in [-0.3, -0.25) is 4.79 Å². The van der Waals surface area contributed by atoms with Crippen LogP contribution in [0.1, 0.15) is 6.92 Å². The zero-order valence-corrected chi connectivity index (χ0v) is 5.40. The van der Waals surface area contributed by atoms with Crippen molar-refractivity contribution in [3.05, 3.63) is 12.7 Å². The highest BCUT2D eigenvalue weighted by atomic mass is 19.4. The van der Waals surface area contributed by atoms with E-state index in [0.717, 1.165) is 13.0 Å². The van der Waals surface area contributed by atoms with E-state index in [0.29, 0.717) is 0 Å². The minimum Gasteiger partial charge on any atom is -0.289 e. The molecule has 1 atom stereocenters. The monoisotopic (exact) mass is 152 g/mol. The second-order valence-electron chi connectivity index (χ2n) is 1.89. The minimum atomic E-state index is -4.73. The number of halogens is 3. The van der Waals surface area contributed by atoms with Gasteiger partial charge in [0.05, 0.1) is 0 Å². The third kappa shape index (κ3) is 2.21. The molecule has 0 amide bonds. The number of Topliss-reactive ketones (excluding diaryl/α,β-unsaturated/α-hetero) is 1. The molecule has 0 heterocycles. The SMILES string of the molecule is C=C[C@@H](C)C(=O)C(F)(F)F. The third-order valence-electron chi connectivity index (χ3n) is 1.05. The fourth-order valence-corrected chi connectivity index (χ4v) is 0.365. The van der Waals surface area contributed by atoms with Crippen LogP contribution in [0, 0.1) is 5.92 Å². The lowest BCUT2D eigenvalue weighted by atomic mass is 10.1. The average Bonchev–Trinajstić information content (AvgIpc) is 1.83. The van der Waals surface area contributed by atoms with Crippen molar-refractivity contribution in [3.63, 3.8) is 0 Å². The highest BCUT2D eigenvalue weighted by Gasteiger charge is 2.40. The Hall–Kier alpha value is -0.800. The Morgan fingerprint density at radius 3 is 2.10 bits per heavy atom. The Balaban J connectivity index is 4.22. The van der Waals surface area contributed by atoms with E-state index in [2.05, 4.69) is 6.58 Å². The fourth-order valence-electron chi connectivity index (χ4n) is 0.365. The van der Waals surface area contributed by atoms with Crippen LogP contribution in [0.2, 0.25) is 0 Å². The molecular weight excluding hydrogens is 145 g/mol. The summed E-state index contributed by atoms with van der Waals surface area (Å²) in [5.41, 5.74) is 0. The largest absolute Gasteiger partial charge is 0.450 e. The summed E-state index contributed by atoms with van der Waals surface area (Å²) >= 11 is 0. The van der Waals surface area contributed by atoms with Crippen LogP contribution in [0.5, 0.6) is 0 Å². The van der Waals surface area contributed by atoms with Crippen molar-refractivity contribution in [2.75, 3.05) is 0 Å². The van der Waals surface area contributed by atoms with Crippen molar-refractivity contribution < 1.29 is 18.0 Å². The van der Waals surface area contributed by atoms with Gasteiger partial charge in [0.15, 0.2) is 0 Å². The Bertz CT molecular complexity index is 148. The van der Waals surface area contributed by atoms with Crippen LogP contribution in [0.3, 0.4) is 0 Å². The summed E-state index contributed by atoms with van der Waals surface area (Å²) in [5, 5.41) is 0. The molecule has 0 N–H and O–H groups in total. The van der Waals surface area contributed by atoms with Gasteiger partial charge in [-0.25, -0.2) is 0 Å². The Kier molecular flexibility index (Phi) is 2.63. The van der Waals surface area contributed by atoms with Crippen LogP contribution < -0.4 is 0 Å². The van der Waals surface area contributed by atoms with E-state index in [1.807, 2.05) is 0 Å². The molecule has 0 aliphatic carbocycles. The topological polar surface area (TPSA) is 17.1 Å². The standard InChI is InChI=1S/C6H7F3O/c1-3-4(2)5(10)6(7,8)9/h3-4H,1H2,2H3/t4-/m1/s1. The average molecular weight is 152 g/mol. The lowest BCUT2D eigenvalue weighted by molar-refractivity contribution is -0.173. The van der Waals surface area contributed by atoms with Crippen molar-refractivity contribution in [3.8, 4) is 0 Å². The molecule has 1 nitrogen and oxygen atoms in total. The molecule has 0 spiro atoms. The van der Waals surface area contributed by atoms with Gasteiger partial charge in [-0.15, -0.1) is 6.58 Å². The van der Waals surface area contributed by atoms with Crippen LogP contribution in [0.4, 0.5) is 13.2 Å². The Labute approximate surface area is 56.5 Å². The lowest BCUT2D eigenvalue weighted by Gasteiger charge is -2.07. The first-order chi connectivity index (χ1) is 4.39. The third-order valence-corrected chi connectivity index (χ3v) is 1.05. The Morgan fingerprint density at radius 1 is 1.60 bits per heavy atom. The molecule has 0 rings (SSSR count). The lowest BCUT2D eigenvalue weighted by Crippen LogP contribution is -2.27. The number of carbonyl (C=O) groups is 1. The first-order valence-electron chi connectivity index (χ1n) is 2.63. The molecule has 0 radical (unpaired) electrons. The first kappa shape index (κ1) is 9.20. The van der Waals surface area contributed by atoms with E-state index in [9.17, 15) is 18.0 Å². The van der Waals surface area contributed by atoms with Crippen LogP contribution in [-0.4, -0.2) is 12.0 Å². The fraction of sp³-hybridized carbons (Fsp3) is 0.500. The van der Waals surface area contributed by atoms with Crippen LogP contribution in [0.15, 0.2) is 12.7 Å². The summed E-state index contributed by atoms with van der Waals surface area (Å²) in [7, 11) is 0. The van der Waals surface area contributed by atoms with E-state index in [4.69, 9.17) is 0 Å². The molecule has 0 aromatic rings. The number of hydrogen-bond donors (Lipinski definition) is 0. The van der Waals surface area contributed by atoms with Gasteiger partial charge in [0.1, 0.15) is 0 Å². The van der Waals surface area contributed by atoms with Gasteiger partial charge < -0.3 is 0 Å². The number of carbonyl (C=O) groups excluding carboxylic acids is 1. The highest BCUT2D eigenvalue weighted by Crippen LogP contribution is 2.20. The number of rotatable bonds is 2. The van der Waals surface area contributed by atoms with Crippen LogP contribution >= 0.6 is 0 Å². The summed E-state index contributed by atoms with van der Waals surface area (Å²) in [5.74, 6) is -2.89. The van der Waals surface area contributed by atoms with Crippen LogP contribution in [-0.2, 0) is 4.79 Å². The van der Waals surface area contributed by atoms with Crippen molar-refractivity contribution in [1.29, 1.82) is 0 Å². The maximum atomic E-state index is 11.5. The van der Waals surface area contributed by atoms with E-state index in [1.165, 1.54) is 0 Å². The number of allylic oxidation sites excluding steroid dienone is 1. The van der Waals surface area contributed by atoms with Crippen LogP contribution in [0.25, 0.3) is 0 Å². The van der Waals surface area contributed by atoms with E-state index in [-0.39, 0.29) is 0 Å². The molecular formula is C6H7F3O. The van der Waals surface area contributed by atoms with Gasteiger partial charge in [0.2, 0.25) is 5.78 Å². The minimum absolute atomic E-state index is 0.968. The molecule has 4 heteroatoms. The molecule has 0 bridgehead atoms. The molecule has 0 aromatic carbocycles. The van der Waals surface area contributed by atoms with Gasteiger partial charge in [-0.2, -0.15) is 13.2 Å². The maximum absolute atomic E-state index is 11.5. The van der Waals surface area contributed by atoms with Gasteiger partial charge in [-0.1, -0.05) is 13.0 Å². The van der Waals surface area contributed by atoms with E-state index in [1.54, 1.807) is 0 Å². The summed E-state index contributed by atoms with van der Waals surface area (Å²) in [6, 6.07) is 0. The first-order valence-corrected chi connectivity index (χ1v) is 2.63. The Morgan fingerprint density at radius 2 is 2.00 bits per heavy atom. The molecule has 0 saturated carbocycles. The van der Waals surface area contributed by atoms with Crippen molar-refractivity contribution >= 4 is 5.78 Å². The normalized spacial score (nSPS) is 14.4. The van der Waals surface area contributed by atoms with Crippen molar-refractivity contribution in [2.24, 2.45) is 5.92 Å². The molecule has 0 saturated heterocycles. The van der Waals surface area contributed by atoms with E-state index < -0.39 is 17.9 Å². The molecule has 0 unspecified atom stereocenters. The number of hydrogen-bond acceptors (Lipinski definition) is 1. The van der Waals surface area contributed by atoms with Gasteiger partial charge in [0.25, 0.3) is 0 Å². The predicted molar refractivity (Wildman–Crippen MR) is 30.4 cm³/mol. The van der Waals surface area contributed by atoms with Gasteiger partial charge in [-0.05, 0) is 0 Å². The van der Waals surface area contributed by atoms with Gasteiger partial charge in [0, 0.05) is 5.92 Å². The molecule has 0 fully saturated rings. The second kappa shape index (κ2) is 2.86. The smallest absolute Gasteiger partial charge is 0.289 e. The molecule has 0 aliphatic heterocycles. The molecule has 0 aliphatic rings. The zero-order valence-electron chi connectivity index (χ0n) is 5.40.